The molecule has 132 valence electrons. The molecular weight excluding hydrogens is 334 g/mol. The number of nitrogens with one attached hydrogen (secondary N) is 1. The Hall–Kier alpha value is -3.48. The zero-order valence-corrected chi connectivity index (χ0v) is 14.3. The number of non-ortho nitro benzene ring substituents is 1. The standard InChI is InChI=1S/C19H17N3O4/c1-12(2)19(23)21-13-5-7-14(8-6-13)26-17-10-9-16(22(24)25)15-4-3-11-20-18(15)17/h3-12H,1-2H3,(H,21,23). The van der Waals surface area contributed by atoms with Gasteiger partial charge >= 0.3 is 0 Å². The number of carbonyl (C=O) groups excluding carboxylic acids is 1. The summed E-state index contributed by atoms with van der Waals surface area (Å²) in [6.07, 6.45) is 1.56. The molecule has 1 amide bonds. The Morgan fingerprint density at radius 3 is 2.54 bits per heavy atom. The summed E-state index contributed by atoms with van der Waals surface area (Å²) in [5, 5.41) is 14.4. The summed E-state index contributed by atoms with van der Waals surface area (Å²) in [5.74, 6) is 0.784. The lowest BCUT2D eigenvalue weighted by molar-refractivity contribution is -0.383. The molecule has 0 atom stereocenters. The van der Waals surface area contributed by atoms with Crippen molar-refractivity contribution in [2.24, 2.45) is 5.92 Å². The molecule has 0 saturated heterocycles. The van der Waals surface area contributed by atoms with Gasteiger partial charge in [-0.25, -0.2) is 0 Å². The van der Waals surface area contributed by atoms with Crippen LogP contribution in [0.1, 0.15) is 13.8 Å². The second-order valence-corrected chi connectivity index (χ2v) is 6.01. The van der Waals surface area contributed by atoms with E-state index < -0.39 is 4.92 Å². The summed E-state index contributed by atoms with van der Waals surface area (Å²) in [6, 6.07) is 13.1. The number of nitrogens with zero attached hydrogens (tertiary/aromatic N) is 2. The molecule has 1 heterocycles. The van der Waals surface area contributed by atoms with Crippen molar-refractivity contribution < 1.29 is 14.5 Å². The van der Waals surface area contributed by atoms with Crippen LogP contribution in [-0.4, -0.2) is 15.8 Å². The van der Waals surface area contributed by atoms with Crippen molar-refractivity contribution in [2.45, 2.75) is 13.8 Å². The molecule has 1 N–H and O–H groups in total. The van der Waals surface area contributed by atoms with E-state index >= 15 is 0 Å². The maximum atomic E-state index is 11.7. The van der Waals surface area contributed by atoms with Crippen molar-refractivity contribution in [1.29, 1.82) is 0 Å². The second-order valence-electron chi connectivity index (χ2n) is 6.01. The first kappa shape index (κ1) is 17.3. The minimum Gasteiger partial charge on any atom is -0.455 e. The molecule has 1 aromatic heterocycles. The van der Waals surface area contributed by atoms with Crippen LogP contribution < -0.4 is 10.1 Å². The molecule has 0 unspecified atom stereocenters. The highest BCUT2D eigenvalue weighted by atomic mass is 16.6. The molecule has 0 fully saturated rings. The Bertz CT molecular complexity index is 968. The average Bonchev–Trinajstić information content (AvgIpc) is 2.63. The van der Waals surface area contributed by atoms with E-state index in [4.69, 9.17) is 4.74 Å². The smallest absolute Gasteiger partial charge is 0.279 e. The lowest BCUT2D eigenvalue weighted by Gasteiger charge is -2.10. The first-order valence-electron chi connectivity index (χ1n) is 8.06. The third kappa shape index (κ3) is 3.61. The van der Waals surface area contributed by atoms with E-state index in [1.165, 1.54) is 12.1 Å². The predicted molar refractivity (Wildman–Crippen MR) is 98.4 cm³/mol. The van der Waals surface area contributed by atoms with Gasteiger partial charge in [0.05, 0.1) is 10.3 Å². The first-order chi connectivity index (χ1) is 12.5. The lowest BCUT2D eigenvalue weighted by atomic mass is 10.1. The molecule has 26 heavy (non-hydrogen) atoms. The van der Waals surface area contributed by atoms with E-state index in [1.54, 1.807) is 42.6 Å². The van der Waals surface area contributed by atoms with Crippen LogP contribution in [0.25, 0.3) is 10.9 Å². The van der Waals surface area contributed by atoms with Gasteiger partial charge in [-0.1, -0.05) is 13.8 Å². The Kier molecular flexibility index (Phi) is 4.79. The van der Waals surface area contributed by atoms with E-state index in [-0.39, 0.29) is 17.5 Å². The van der Waals surface area contributed by atoms with Gasteiger partial charge in [0.25, 0.3) is 5.69 Å². The molecule has 7 heteroatoms. The molecule has 0 aliphatic heterocycles. The van der Waals surface area contributed by atoms with Crippen LogP contribution in [0.5, 0.6) is 11.5 Å². The van der Waals surface area contributed by atoms with Gasteiger partial charge in [-0.05, 0) is 42.5 Å². The SMILES string of the molecule is CC(C)C(=O)Nc1ccc(Oc2ccc([N+](=O)[O-])c3cccnc23)cc1. The van der Waals surface area contributed by atoms with Crippen molar-refractivity contribution >= 4 is 28.2 Å². The zero-order valence-electron chi connectivity index (χ0n) is 14.3. The topological polar surface area (TPSA) is 94.4 Å². The normalized spacial score (nSPS) is 10.7. The van der Waals surface area contributed by atoms with Crippen LogP contribution in [0.15, 0.2) is 54.7 Å². The van der Waals surface area contributed by atoms with Gasteiger partial charge in [0.1, 0.15) is 11.3 Å². The van der Waals surface area contributed by atoms with E-state index in [0.717, 1.165) is 0 Å². The van der Waals surface area contributed by atoms with Gasteiger partial charge in [0, 0.05) is 23.9 Å². The summed E-state index contributed by atoms with van der Waals surface area (Å²) < 4.78 is 5.84. The Morgan fingerprint density at radius 2 is 1.88 bits per heavy atom. The third-order valence-corrected chi connectivity index (χ3v) is 3.78. The average molecular weight is 351 g/mol. The van der Waals surface area contributed by atoms with Crippen molar-refractivity contribution in [2.75, 3.05) is 5.32 Å². The highest BCUT2D eigenvalue weighted by molar-refractivity contribution is 5.93. The predicted octanol–water partition coefficient (Wildman–Crippen LogP) is 4.53. The van der Waals surface area contributed by atoms with Crippen LogP contribution in [0, 0.1) is 16.0 Å². The summed E-state index contributed by atoms with van der Waals surface area (Å²) in [7, 11) is 0. The number of amides is 1. The number of anilines is 1. The minimum atomic E-state index is -0.444. The van der Waals surface area contributed by atoms with Crippen LogP contribution in [0.4, 0.5) is 11.4 Å². The summed E-state index contributed by atoms with van der Waals surface area (Å²) in [5.41, 5.74) is 1.06. The highest BCUT2D eigenvalue weighted by Crippen LogP contribution is 2.34. The zero-order chi connectivity index (χ0) is 18.7. The fraction of sp³-hybridized carbons (Fsp3) is 0.158. The maximum Gasteiger partial charge on any atom is 0.279 e. The molecule has 0 radical (unpaired) electrons. The number of hydrogen-bond acceptors (Lipinski definition) is 5. The summed E-state index contributed by atoms with van der Waals surface area (Å²) in [4.78, 5) is 26.6. The highest BCUT2D eigenvalue weighted by Gasteiger charge is 2.16. The monoisotopic (exact) mass is 351 g/mol. The van der Waals surface area contributed by atoms with Crippen molar-refractivity contribution in [3.05, 3.63) is 64.8 Å². The van der Waals surface area contributed by atoms with E-state index in [1.807, 2.05) is 13.8 Å². The third-order valence-electron chi connectivity index (χ3n) is 3.78. The van der Waals surface area contributed by atoms with Crippen molar-refractivity contribution in [3.8, 4) is 11.5 Å². The molecule has 3 aromatic rings. The quantitative estimate of drug-likeness (QED) is 0.538. The molecule has 3 rings (SSSR count). The molecule has 0 aliphatic carbocycles. The van der Waals surface area contributed by atoms with Gasteiger partial charge in [-0.2, -0.15) is 0 Å². The summed E-state index contributed by atoms with van der Waals surface area (Å²) >= 11 is 0. The van der Waals surface area contributed by atoms with Gasteiger partial charge in [-0.15, -0.1) is 0 Å². The summed E-state index contributed by atoms with van der Waals surface area (Å²) in [6.45, 7) is 3.64. The van der Waals surface area contributed by atoms with E-state index in [9.17, 15) is 14.9 Å². The van der Waals surface area contributed by atoms with Crippen molar-refractivity contribution in [1.82, 2.24) is 4.98 Å². The van der Waals surface area contributed by atoms with Gasteiger partial charge in [-0.3, -0.25) is 19.9 Å². The fourth-order valence-corrected chi connectivity index (χ4v) is 2.39. The first-order valence-corrected chi connectivity index (χ1v) is 8.06. The van der Waals surface area contributed by atoms with Gasteiger partial charge in [0.15, 0.2) is 5.75 Å². The maximum absolute atomic E-state index is 11.7. The number of hydrogen-bond donors (Lipinski definition) is 1. The molecular formula is C19H17N3O4. The molecule has 0 bridgehead atoms. The number of rotatable bonds is 5. The molecule has 0 aliphatic rings. The van der Waals surface area contributed by atoms with Crippen LogP contribution in [-0.2, 0) is 4.79 Å². The number of carbonyl (C=O) groups is 1. The Labute approximate surface area is 149 Å². The second kappa shape index (κ2) is 7.18. The van der Waals surface area contributed by atoms with Crippen LogP contribution in [0.2, 0.25) is 0 Å². The molecule has 7 nitrogen and oxygen atoms in total. The number of nitro groups is 1. The molecule has 0 saturated carbocycles. The van der Waals surface area contributed by atoms with Gasteiger partial charge in [0.2, 0.25) is 5.91 Å². The van der Waals surface area contributed by atoms with Crippen molar-refractivity contribution in [3.63, 3.8) is 0 Å². The minimum absolute atomic E-state index is 0.0211. The number of pyridine rings is 1. The van der Waals surface area contributed by atoms with Crippen LogP contribution in [0.3, 0.4) is 0 Å². The number of nitro benzene ring substituents is 1. The lowest BCUT2D eigenvalue weighted by Crippen LogP contribution is -2.17. The largest absolute Gasteiger partial charge is 0.455 e. The molecule has 2 aromatic carbocycles. The number of fused-ring (bicyclic) bond motifs is 1. The number of aromatic nitrogens is 1. The number of ether oxygens (including phenoxy) is 1. The Balaban J connectivity index is 1.87. The van der Waals surface area contributed by atoms with Gasteiger partial charge < -0.3 is 10.1 Å². The van der Waals surface area contributed by atoms with E-state index in [0.29, 0.717) is 28.1 Å². The Morgan fingerprint density at radius 1 is 1.15 bits per heavy atom. The van der Waals surface area contributed by atoms with Crippen LogP contribution >= 0.6 is 0 Å². The molecule has 0 spiro atoms. The number of benzene rings is 2. The van der Waals surface area contributed by atoms with E-state index in [2.05, 4.69) is 10.3 Å². The fourth-order valence-electron chi connectivity index (χ4n) is 2.39.